The molecule has 0 radical (unpaired) electrons. The quantitative estimate of drug-likeness (QED) is 0.777. The summed E-state index contributed by atoms with van der Waals surface area (Å²) in [6.07, 6.45) is 2.63. The van der Waals surface area contributed by atoms with Crippen LogP contribution < -0.4 is 5.32 Å². The summed E-state index contributed by atoms with van der Waals surface area (Å²) in [5.41, 5.74) is 0. The largest absolute Gasteiger partial charge is 0.341 e. The number of nitrogens with zero attached hydrogens (tertiary/aromatic N) is 1. The fourth-order valence-corrected chi connectivity index (χ4v) is 2.86. The van der Waals surface area contributed by atoms with E-state index in [1.165, 1.54) is 12.8 Å². The molecule has 4 heteroatoms. The van der Waals surface area contributed by atoms with Crippen LogP contribution in [-0.4, -0.2) is 48.0 Å². The predicted molar refractivity (Wildman–Crippen MR) is 64.1 cm³/mol. The summed E-state index contributed by atoms with van der Waals surface area (Å²) in [5.74, 6) is 3.19. The molecule has 86 valence electrons. The molecule has 0 aromatic carbocycles. The molecule has 1 saturated heterocycles. The van der Waals surface area contributed by atoms with Gasteiger partial charge in [0.2, 0.25) is 5.91 Å². The third-order valence-corrected chi connectivity index (χ3v) is 4.15. The van der Waals surface area contributed by atoms with E-state index in [4.69, 9.17) is 0 Å². The maximum atomic E-state index is 12.1. The van der Waals surface area contributed by atoms with Crippen molar-refractivity contribution in [3.05, 3.63) is 0 Å². The SMILES string of the molecule is CCN(CC1CC1)C(=O)C1CSCCN1. The van der Waals surface area contributed by atoms with Crippen molar-refractivity contribution in [2.45, 2.75) is 25.8 Å². The fourth-order valence-electron chi connectivity index (χ4n) is 1.93. The van der Waals surface area contributed by atoms with E-state index in [2.05, 4.69) is 12.2 Å². The van der Waals surface area contributed by atoms with Gasteiger partial charge in [-0.25, -0.2) is 0 Å². The monoisotopic (exact) mass is 228 g/mol. The van der Waals surface area contributed by atoms with Crippen LogP contribution in [0.25, 0.3) is 0 Å². The molecule has 0 aromatic heterocycles. The van der Waals surface area contributed by atoms with Crippen molar-refractivity contribution >= 4 is 17.7 Å². The first-order chi connectivity index (χ1) is 7.31. The lowest BCUT2D eigenvalue weighted by Crippen LogP contribution is -2.51. The Bertz CT molecular complexity index is 225. The van der Waals surface area contributed by atoms with Crippen LogP contribution in [0.4, 0.5) is 0 Å². The molecule has 0 aromatic rings. The number of hydrogen-bond acceptors (Lipinski definition) is 3. The molecule has 1 atom stereocenters. The highest BCUT2D eigenvalue weighted by Crippen LogP contribution is 2.29. The average molecular weight is 228 g/mol. The summed E-state index contributed by atoms with van der Waals surface area (Å²) in [6.45, 7) is 4.90. The summed E-state index contributed by atoms with van der Waals surface area (Å²) in [4.78, 5) is 14.2. The zero-order valence-corrected chi connectivity index (χ0v) is 10.2. The topological polar surface area (TPSA) is 32.3 Å². The fraction of sp³-hybridized carbons (Fsp3) is 0.909. The van der Waals surface area contributed by atoms with Gasteiger partial charge in [-0.2, -0.15) is 11.8 Å². The van der Waals surface area contributed by atoms with Crippen molar-refractivity contribution in [2.75, 3.05) is 31.1 Å². The minimum atomic E-state index is 0.0717. The first kappa shape index (κ1) is 11.3. The van der Waals surface area contributed by atoms with Gasteiger partial charge in [-0.1, -0.05) is 0 Å². The Morgan fingerprint density at radius 2 is 2.33 bits per heavy atom. The maximum absolute atomic E-state index is 12.1. The zero-order chi connectivity index (χ0) is 10.7. The van der Waals surface area contributed by atoms with Crippen molar-refractivity contribution in [1.82, 2.24) is 10.2 Å². The highest BCUT2D eigenvalue weighted by Gasteiger charge is 2.30. The van der Waals surface area contributed by atoms with Gasteiger partial charge in [0.15, 0.2) is 0 Å². The first-order valence-corrected chi connectivity index (χ1v) is 7.06. The van der Waals surface area contributed by atoms with Gasteiger partial charge in [-0.15, -0.1) is 0 Å². The number of hydrogen-bond donors (Lipinski definition) is 1. The van der Waals surface area contributed by atoms with Gasteiger partial charge in [-0.3, -0.25) is 4.79 Å². The standard InChI is InChI=1S/C11H20N2OS/c1-2-13(7-9-3-4-9)11(14)10-8-15-6-5-12-10/h9-10,12H,2-8H2,1H3. The van der Waals surface area contributed by atoms with Crippen LogP contribution in [0.1, 0.15) is 19.8 Å². The molecule has 15 heavy (non-hydrogen) atoms. The maximum Gasteiger partial charge on any atom is 0.240 e. The van der Waals surface area contributed by atoms with Crippen LogP contribution in [-0.2, 0) is 4.79 Å². The molecule has 2 aliphatic rings. The smallest absolute Gasteiger partial charge is 0.240 e. The molecule has 1 amide bonds. The van der Waals surface area contributed by atoms with Crippen LogP contribution in [0.15, 0.2) is 0 Å². The Balaban J connectivity index is 1.84. The number of carbonyl (C=O) groups excluding carboxylic acids is 1. The van der Waals surface area contributed by atoms with E-state index in [1.54, 1.807) is 0 Å². The minimum absolute atomic E-state index is 0.0717. The van der Waals surface area contributed by atoms with Crippen LogP contribution in [0, 0.1) is 5.92 Å². The molecule has 1 unspecified atom stereocenters. The van der Waals surface area contributed by atoms with E-state index in [-0.39, 0.29) is 6.04 Å². The van der Waals surface area contributed by atoms with Gasteiger partial charge in [0, 0.05) is 31.1 Å². The van der Waals surface area contributed by atoms with E-state index in [0.717, 1.165) is 37.1 Å². The second kappa shape index (κ2) is 5.21. The first-order valence-electron chi connectivity index (χ1n) is 5.91. The molecule has 1 saturated carbocycles. The van der Waals surface area contributed by atoms with Gasteiger partial charge in [-0.05, 0) is 25.7 Å². The molecule has 1 aliphatic heterocycles. The predicted octanol–water partition coefficient (Wildman–Crippen LogP) is 0.950. The molecular weight excluding hydrogens is 208 g/mol. The third-order valence-electron chi connectivity index (χ3n) is 3.09. The summed E-state index contributed by atoms with van der Waals surface area (Å²) < 4.78 is 0. The number of thioether (sulfide) groups is 1. The number of carbonyl (C=O) groups is 1. The number of likely N-dealkylation sites (N-methyl/N-ethyl adjacent to an activating group) is 1. The summed E-state index contributed by atoms with van der Waals surface area (Å²) >= 11 is 1.88. The average Bonchev–Trinajstić information content (AvgIpc) is 3.10. The molecule has 1 heterocycles. The lowest BCUT2D eigenvalue weighted by Gasteiger charge is -2.29. The normalized spacial score (nSPS) is 26.3. The molecular formula is C11H20N2OS. The van der Waals surface area contributed by atoms with E-state index in [1.807, 2.05) is 16.7 Å². The molecule has 0 spiro atoms. The third kappa shape index (κ3) is 3.11. The van der Waals surface area contributed by atoms with Gasteiger partial charge < -0.3 is 10.2 Å². The van der Waals surface area contributed by atoms with Crippen molar-refractivity contribution < 1.29 is 4.79 Å². The van der Waals surface area contributed by atoms with Crippen molar-refractivity contribution in [3.8, 4) is 0 Å². The van der Waals surface area contributed by atoms with E-state index in [9.17, 15) is 4.79 Å². The van der Waals surface area contributed by atoms with Crippen molar-refractivity contribution in [3.63, 3.8) is 0 Å². The van der Waals surface area contributed by atoms with E-state index in [0.29, 0.717) is 5.91 Å². The van der Waals surface area contributed by atoms with Crippen LogP contribution in [0.2, 0.25) is 0 Å². The summed E-state index contributed by atoms with van der Waals surface area (Å²) in [7, 11) is 0. The zero-order valence-electron chi connectivity index (χ0n) is 9.37. The second-order valence-electron chi connectivity index (χ2n) is 4.40. The Morgan fingerprint density at radius 1 is 1.53 bits per heavy atom. The van der Waals surface area contributed by atoms with Crippen LogP contribution in [0.3, 0.4) is 0 Å². The van der Waals surface area contributed by atoms with Gasteiger partial charge in [0.25, 0.3) is 0 Å². The Kier molecular flexibility index (Phi) is 3.92. The van der Waals surface area contributed by atoms with Crippen molar-refractivity contribution in [1.29, 1.82) is 0 Å². The molecule has 2 fully saturated rings. The van der Waals surface area contributed by atoms with E-state index < -0.39 is 0 Å². The molecule has 1 aliphatic carbocycles. The highest BCUT2D eigenvalue weighted by molar-refractivity contribution is 7.99. The molecule has 0 bridgehead atoms. The summed E-state index contributed by atoms with van der Waals surface area (Å²) in [6, 6.07) is 0.0717. The summed E-state index contributed by atoms with van der Waals surface area (Å²) in [5, 5.41) is 3.32. The van der Waals surface area contributed by atoms with Crippen LogP contribution in [0.5, 0.6) is 0 Å². The molecule has 3 nitrogen and oxygen atoms in total. The number of nitrogens with one attached hydrogen (secondary N) is 1. The lowest BCUT2D eigenvalue weighted by molar-refractivity contribution is -0.133. The van der Waals surface area contributed by atoms with Crippen molar-refractivity contribution in [2.24, 2.45) is 5.92 Å². The van der Waals surface area contributed by atoms with Gasteiger partial charge >= 0.3 is 0 Å². The molecule has 1 N–H and O–H groups in total. The van der Waals surface area contributed by atoms with Gasteiger partial charge in [0.05, 0.1) is 6.04 Å². The number of amides is 1. The Labute approximate surface area is 96.0 Å². The highest BCUT2D eigenvalue weighted by atomic mass is 32.2. The van der Waals surface area contributed by atoms with E-state index >= 15 is 0 Å². The minimum Gasteiger partial charge on any atom is -0.341 e. The van der Waals surface area contributed by atoms with Crippen LogP contribution >= 0.6 is 11.8 Å². The van der Waals surface area contributed by atoms with Gasteiger partial charge in [0.1, 0.15) is 0 Å². The second-order valence-corrected chi connectivity index (χ2v) is 5.55. The Morgan fingerprint density at radius 3 is 2.87 bits per heavy atom. The number of rotatable bonds is 4. The molecule has 2 rings (SSSR count). The Hall–Kier alpha value is -0.220. The lowest BCUT2D eigenvalue weighted by atomic mass is 10.2.